The van der Waals surface area contributed by atoms with E-state index in [0.717, 1.165) is 5.56 Å². The molecule has 9 heteroatoms. The third kappa shape index (κ3) is 6.32. The average molecular weight is 485 g/mol. The summed E-state index contributed by atoms with van der Waals surface area (Å²) in [5, 5.41) is 0.637. The third-order valence-corrected chi connectivity index (χ3v) is 5.14. The summed E-state index contributed by atoms with van der Waals surface area (Å²) in [5.41, 5.74) is 6.68. The first-order valence-corrected chi connectivity index (χ1v) is 10.7. The Labute approximate surface area is 202 Å². The molecule has 2 amide bonds. The van der Waals surface area contributed by atoms with E-state index in [1.54, 1.807) is 60.7 Å². The molecule has 0 unspecified atom stereocenters. The molecule has 3 rings (SSSR count). The fraction of sp³-hybridized carbons (Fsp3) is 0.200. The van der Waals surface area contributed by atoms with E-state index in [2.05, 4.69) is 10.9 Å². The van der Waals surface area contributed by atoms with Gasteiger partial charge in [0.25, 0.3) is 5.91 Å². The summed E-state index contributed by atoms with van der Waals surface area (Å²) in [7, 11) is 4.47. The molecule has 178 valence electrons. The second-order valence-corrected chi connectivity index (χ2v) is 7.55. The highest BCUT2D eigenvalue weighted by atomic mass is 35.5. The van der Waals surface area contributed by atoms with Gasteiger partial charge in [-0.25, -0.2) is 0 Å². The predicted molar refractivity (Wildman–Crippen MR) is 128 cm³/mol. The summed E-state index contributed by atoms with van der Waals surface area (Å²) in [6, 6.07) is 17.3. The molecule has 8 nitrogen and oxygen atoms in total. The van der Waals surface area contributed by atoms with Crippen molar-refractivity contribution in [3.63, 3.8) is 0 Å². The molecule has 0 radical (unpaired) electrons. The number of benzene rings is 3. The lowest BCUT2D eigenvalue weighted by atomic mass is 10.1. The van der Waals surface area contributed by atoms with Crippen molar-refractivity contribution in [2.75, 3.05) is 21.3 Å². The lowest BCUT2D eigenvalue weighted by Gasteiger charge is -2.15. The molecule has 0 aliphatic heterocycles. The second-order valence-electron chi connectivity index (χ2n) is 7.11. The van der Waals surface area contributed by atoms with E-state index in [9.17, 15) is 9.59 Å². The Bertz CT molecular complexity index is 1130. The Morgan fingerprint density at radius 2 is 1.47 bits per heavy atom. The van der Waals surface area contributed by atoms with E-state index in [0.29, 0.717) is 45.8 Å². The van der Waals surface area contributed by atoms with Crippen LogP contribution in [0, 0.1) is 0 Å². The number of carbonyl (C=O) groups is 2. The number of hydrogen-bond acceptors (Lipinski definition) is 6. The molecule has 0 saturated carbocycles. The zero-order chi connectivity index (χ0) is 24.5. The molecule has 0 aliphatic carbocycles. The summed E-state index contributed by atoms with van der Waals surface area (Å²) in [6.45, 7) is 0.341. The molecule has 0 fully saturated rings. The molecule has 0 atom stereocenters. The molecular formula is C25H25ClN2O6. The van der Waals surface area contributed by atoms with Crippen molar-refractivity contribution in [3.8, 4) is 23.0 Å². The van der Waals surface area contributed by atoms with E-state index in [1.807, 2.05) is 0 Å². The SMILES string of the molecule is COc1ccc(CC(=O)NNC(=O)c2ccc(COc3ccc(Cl)cc3)cc2)c(OC)c1OC. The van der Waals surface area contributed by atoms with Crippen molar-refractivity contribution in [1.82, 2.24) is 10.9 Å². The van der Waals surface area contributed by atoms with Crippen LogP contribution in [0.1, 0.15) is 21.5 Å². The minimum Gasteiger partial charge on any atom is -0.493 e. The van der Waals surface area contributed by atoms with Gasteiger partial charge in [0.15, 0.2) is 11.5 Å². The summed E-state index contributed by atoms with van der Waals surface area (Å²) < 4.78 is 21.6. The number of nitrogens with one attached hydrogen (secondary N) is 2. The van der Waals surface area contributed by atoms with E-state index in [1.165, 1.54) is 21.3 Å². The molecule has 0 bridgehead atoms. The minimum absolute atomic E-state index is 0.0369. The topological polar surface area (TPSA) is 95.1 Å². The van der Waals surface area contributed by atoms with Crippen LogP contribution >= 0.6 is 11.6 Å². The maximum atomic E-state index is 12.4. The molecule has 0 spiro atoms. The quantitative estimate of drug-likeness (QED) is 0.446. The first-order chi connectivity index (χ1) is 16.4. The van der Waals surface area contributed by atoms with Crippen molar-refractivity contribution in [1.29, 1.82) is 0 Å². The van der Waals surface area contributed by atoms with Crippen LogP contribution in [0.25, 0.3) is 0 Å². The lowest BCUT2D eigenvalue weighted by molar-refractivity contribution is -0.121. The Balaban J connectivity index is 1.53. The number of hydrogen-bond donors (Lipinski definition) is 2. The summed E-state index contributed by atoms with van der Waals surface area (Å²) in [5.74, 6) is 1.09. The van der Waals surface area contributed by atoms with Gasteiger partial charge in [0.2, 0.25) is 11.7 Å². The van der Waals surface area contributed by atoms with Gasteiger partial charge in [0.1, 0.15) is 12.4 Å². The smallest absolute Gasteiger partial charge is 0.269 e. The first kappa shape index (κ1) is 24.7. The van der Waals surface area contributed by atoms with Crippen LogP contribution < -0.4 is 29.8 Å². The highest BCUT2D eigenvalue weighted by molar-refractivity contribution is 6.30. The van der Waals surface area contributed by atoms with Gasteiger partial charge < -0.3 is 18.9 Å². The van der Waals surface area contributed by atoms with Crippen LogP contribution in [0.5, 0.6) is 23.0 Å². The molecule has 34 heavy (non-hydrogen) atoms. The number of carbonyl (C=O) groups excluding carboxylic acids is 2. The molecule has 3 aromatic rings. The summed E-state index contributed by atoms with van der Waals surface area (Å²) in [4.78, 5) is 24.8. The summed E-state index contributed by atoms with van der Waals surface area (Å²) >= 11 is 5.86. The van der Waals surface area contributed by atoms with Gasteiger partial charge in [0.05, 0.1) is 27.8 Å². The van der Waals surface area contributed by atoms with Crippen LogP contribution in [-0.2, 0) is 17.8 Å². The van der Waals surface area contributed by atoms with Crippen LogP contribution in [-0.4, -0.2) is 33.1 Å². The molecule has 0 saturated heterocycles. The Kier molecular flexibility index (Phi) is 8.59. The van der Waals surface area contributed by atoms with Crippen molar-refractivity contribution in [2.24, 2.45) is 0 Å². The molecule has 0 aromatic heterocycles. The van der Waals surface area contributed by atoms with Gasteiger partial charge >= 0.3 is 0 Å². The first-order valence-electron chi connectivity index (χ1n) is 10.3. The predicted octanol–water partition coefficient (Wildman–Crippen LogP) is 3.95. The standard InChI is InChI=1S/C25H25ClN2O6/c1-31-21-13-8-18(23(32-2)24(21)33-3)14-22(29)27-28-25(30)17-6-4-16(5-7-17)15-34-20-11-9-19(26)10-12-20/h4-13H,14-15H2,1-3H3,(H,27,29)(H,28,30). The Morgan fingerprint density at radius 3 is 2.09 bits per heavy atom. The van der Waals surface area contributed by atoms with Crippen LogP contribution in [0.3, 0.4) is 0 Å². The number of hydrazine groups is 1. The molecule has 2 N–H and O–H groups in total. The third-order valence-electron chi connectivity index (χ3n) is 4.89. The zero-order valence-electron chi connectivity index (χ0n) is 19.0. The fourth-order valence-corrected chi connectivity index (χ4v) is 3.29. The van der Waals surface area contributed by atoms with Gasteiger partial charge in [-0.05, 0) is 48.0 Å². The molecular weight excluding hydrogens is 460 g/mol. The molecule has 0 aliphatic rings. The lowest BCUT2D eigenvalue weighted by Crippen LogP contribution is -2.42. The normalized spacial score (nSPS) is 10.2. The van der Waals surface area contributed by atoms with Crippen molar-refractivity contribution < 1.29 is 28.5 Å². The molecule has 3 aromatic carbocycles. The highest BCUT2D eigenvalue weighted by Gasteiger charge is 2.18. The average Bonchev–Trinajstić information content (AvgIpc) is 2.86. The zero-order valence-corrected chi connectivity index (χ0v) is 19.8. The number of rotatable bonds is 9. The highest BCUT2D eigenvalue weighted by Crippen LogP contribution is 2.39. The fourth-order valence-electron chi connectivity index (χ4n) is 3.17. The molecule has 0 heterocycles. The van der Waals surface area contributed by atoms with Crippen LogP contribution in [0.15, 0.2) is 60.7 Å². The number of ether oxygens (including phenoxy) is 4. The van der Waals surface area contributed by atoms with Gasteiger partial charge in [-0.2, -0.15) is 0 Å². The Morgan fingerprint density at radius 1 is 0.794 bits per heavy atom. The second kappa shape index (κ2) is 11.8. The van der Waals surface area contributed by atoms with E-state index < -0.39 is 11.8 Å². The van der Waals surface area contributed by atoms with Crippen LogP contribution in [0.4, 0.5) is 0 Å². The van der Waals surface area contributed by atoms with E-state index in [-0.39, 0.29) is 6.42 Å². The van der Waals surface area contributed by atoms with Crippen molar-refractivity contribution in [3.05, 3.63) is 82.4 Å². The van der Waals surface area contributed by atoms with E-state index in [4.69, 9.17) is 30.5 Å². The minimum atomic E-state index is -0.446. The number of methoxy groups -OCH3 is 3. The largest absolute Gasteiger partial charge is 0.493 e. The Hall–Kier alpha value is -3.91. The van der Waals surface area contributed by atoms with Crippen molar-refractivity contribution in [2.45, 2.75) is 13.0 Å². The van der Waals surface area contributed by atoms with Gasteiger partial charge in [-0.1, -0.05) is 29.8 Å². The van der Waals surface area contributed by atoms with Crippen molar-refractivity contribution >= 4 is 23.4 Å². The van der Waals surface area contributed by atoms with Crippen LogP contribution in [0.2, 0.25) is 5.02 Å². The maximum Gasteiger partial charge on any atom is 0.269 e. The number of amides is 2. The maximum absolute atomic E-state index is 12.4. The van der Waals surface area contributed by atoms with Gasteiger partial charge in [0, 0.05) is 16.1 Å². The number of halogens is 1. The van der Waals surface area contributed by atoms with Gasteiger partial charge in [-0.15, -0.1) is 0 Å². The van der Waals surface area contributed by atoms with Gasteiger partial charge in [-0.3, -0.25) is 20.4 Å². The van der Waals surface area contributed by atoms with E-state index >= 15 is 0 Å². The monoisotopic (exact) mass is 484 g/mol. The summed E-state index contributed by atoms with van der Waals surface area (Å²) in [6.07, 6.45) is -0.0369.